The van der Waals surface area contributed by atoms with Crippen molar-refractivity contribution >= 4 is 44.8 Å². The number of nitrogens with one attached hydrogen (secondary N) is 1. The average Bonchev–Trinajstić information content (AvgIpc) is 3.31. The molecule has 0 spiro atoms. The molecule has 1 aromatic heterocycles. The normalized spacial score (nSPS) is 15.1. The summed E-state index contributed by atoms with van der Waals surface area (Å²) in [6.45, 7) is 0. The molecular weight excluding hydrogens is 503 g/mol. The number of hydrogen-bond donors (Lipinski definition) is 1. The van der Waals surface area contributed by atoms with Gasteiger partial charge in [-0.25, -0.2) is 4.39 Å². The van der Waals surface area contributed by atoms with Gasteiger partial charge in [0.1, 0.15) is 11.9 Å². The number of hydrogen-bond acceptors (Lipinski definition) is 3. The van der Waals surface area contributed by atoms with Crippen molar-refractivity contribution in [3.8, 4) is 0 Å². The van der Waals surface area contributed by atoms with Gasteiger partial charge in [-0.3, -0.25) is 14.5 Å². The highest BCUT2D eigenvalue weighted by Gasteiger charge is 2.34. The third-order valence-corrected chi connectivity index (χ3v) is 7.31. The van der Waals surface area contributed by atoms with E-state index in [1.54, 1.807) is 12.1 Å². The van der Waals surface area contributed by atoms with Crippen LogP contribution < -0.4 is 10.2 Å². The molecule has 1 fully saturated rings. The number of halogens is 2. The number of benzene rings is 2. The van der Waals surface area contributed by atoms with Crippen LogP contribution in [0.4, 0.5) is 10.1 Å². The van der Waals surface area contributed by atoms with Crippen molar-refractivity contribution in [2.75, 3.05) is 4.90 Å². The van der Waals surface area contributed by atoms with Crippen LogP contribution >= 0.6 is 27.3 Å². The van der Waals surface area contributed by atoms with Crippen molar-refractivity contribution in [2.45, 2.75) is 50.6 Å². The standard InChI is InChI=1S/C26H26BrFN2O2S/c27-19-13-11-18(12-14-19)25(26(32)29-21-7-2-1-3-8-21)30(22-9-4-6-20(28)16-22)24(31)17-23-10-5-15-33-23/h4-6,9-16,21,25H,1-3,7-8,17H2,(H,29,32). The van der Waals surface area contributed by atoms with Gasteiger partial charge in [0.25, 0.3) is 0 Å². The largest absolute Gasteiger partial charge is 0.351 e. The third-order valence-electron chi connectivity index (χ3n) is 5.90. The van der Waals surface area contributed by atoms with Crippen LogP contribution in [0.25, 0.3) is 0 Å². The predicted octanol–water partition coefficient (Wildman–Crippen LogP) is 6.42. The van der Waals surface area contributed by atoms with Gasteiger partial charge in [-0.2, -0.15) is 0 Å². The Bertz CT molecular complexity index is 1080. The molecule has 1 saturated carbocycles. The molecule has 0 saturated heterocycles. The molecule has 4 nitrogen and oxygen atoms in total. The van der Waals surface area contributed by atoms with Gasteiger partial charge >= 0.3 is 0 Å². The topological polar surface area (TPSA) is 49.4 Å². The Balaban J connectivity index is 1.74. The first-order valence-electron chi connectivity index (χ1n) is 11.2. The quantitative estimate of drug-likeness (QED) is 0.384. The lowest BCUT2D eigenvalue weighted by Gasteiger charge is -2.33. The lowest BCUT2D eigenvalue weighted by atomic mass is 9.94. The highest BCUT2D eigenvalue weighted by molar-refractivity contribution is 9.10. The summed E-state index contributed by atoms with van der Waals surface area (Å²) in [5.74, 6) is -0.952. The highest BCUT2D eigenvalue weighted by Crippen LogP contribution is 2.31. The smallest absolute Gasteiger partial charge is 0.248 e. The molecule has 4 rings (SSSR count). The Hall–Kier alpha value is -2.51. The second-order valence-corrected chi connectivity index (χ2v) is 10.2. The summed E-state index contributed by atoms with van der Waals surface area (Å²) in [6, 6.07) is 16.2. The van der Waals surface area contributed by atoms with E-state index < -0.39 is 11.9 Å². The Morgan fingerprint density at radius 2 is 1.82 bits per heavy atom. The zero-order valence-electron chi connectivity index (χ0n) is 18.2. The van der Waals surface area contributed by atoms with Crippen LogP contribution in [-0.2, 0) is 16.0 Å². The lowest BCUT2D eigenvalue weighted by Crippen LogP contribution is -2.47. The zero-order valence-corrected chi connectivity index (χ0v) is 20.6. The molecule has 1 aliphatic rings. The van der Waals surface area contributed by atoms with E-state index in [4.69, 9.17) is 0 Å². The van der Waals surface area contributed by atoms with Crippen LogP contribution in [-0.4, -0.2) is 17.9 Å². The Kier molecular flexibility index (Phi) is 7.93. The molecular formula is C26H26BrFN2O2S. The van der Waals surface area contributed by atoms with Crippen molar-refractivity contribution in [1.29, 1.82) is 0 Å². The minimum atomic E-state index is -0.908. The minimum absolute atomic E-state index is 0.0888. The van der Waals surface area contributed by atoms with Crippen LogP contribution in [0.3, 0.4) is 0 Å². The van der Waals surface area contributed by atoms with Gasteiger partial charge in [0.15, 0.2) is 0 Å². The molecule has 1 heterocycles. The molecule has 7 heteroatoms. The highest BCUT2D eigenvalue weighted by atomic mass is 79.9. The maximum absolute atomic E-state index is 14.2. The summed E-state index contributed by atoms with van der Waals surface area (Å²) in [7, 11) is 0. The van der Waals surface area contributed by atoms with Crippen LogP contribution in [0.1, 0.15) is 48.6 Å². The van der Waals surface area contributed by atoms with E-state index in [0.29, 0.717) is 11.3 Å². The molecule has 0 bridgehead atoms. The molecule has 1 atom stereocenters. The summed E-state index contributed by atoms with van der Waals surface area (Å²) in [5, 5.41) is 5.09. The number of amides is 2. The second kappa shape index (κ2) is 11.1. The van der Waals surface area contributed by atoms with Gasteiger partial charge in [-0.15, -0.1) is 11.3 Å². The Morgan fingerprint density at radius 3 is 2.48 bits per heavy atom. The fourth-order valence-corrected chi connectivity index (χ4v) is 5.26. The van der Waals surface area contributed by atoms with Crippen molar-refractivity contribution in [2.24, 2.45) is 0 Å². The third kappa shape index (κ3) is 6.09. The van der Waals surface area contributed by atoms with Gasteiger partial charge in [0.2, 0.25) is 11.8 Å². The molecule has 0 aliphatic heterocycles. The first-order valence-corrected chi connectivity index (χ1v) is 12.8. The fraction of sp³-hybridized carbons (Fsp3) is 0.308. The van der Waals surface area contributed by atoms with Gasteiger partial charge in [0.05, 0.1) is 6.42 Å². The van der Waals surface area contributed by atoms with E-state index in [0.717, 1.165) is 35.0 Å². The number of carbonyl (C=O) groups is 2. The first kappa shape index (κ1) is 23.6. The van der Waals surface area contributed by atoms with E-state index in [2.05, 4.69) is 21.2 Å². The van der Waals surface area contributed by atoms with Gasteiger partial charge in [-0.1, -0.05) is 59.5 Å². The Labute approximate surface area is 205 Å². The van der Waals surface area contributed by atoms with Gasteiger partial charge in [0, 0.05) is 21.1 Å². The zero-order chi connectivity index (χ0) is 23.2. The molecule has 2 aromatic carbocycles. The Morgan fingerprint density at radius 1 is 1.06 bits per heavy atom. The molecule has 1 unspecified atom stereocenters. The average molecular weight is 529 g/mol. The fourth-order valence-electron chi connectivity index (χ4n) is 4.30. The van der Waals surface area contributed by atoms with Crippen molar-refractivity contribution in [3.05, 3.63) is 86.8 Å². The van der Waals surface area contributed by atoms with E-state index in [-0.39, 0.29) is 24.3 Å². The van der Waals surface area contributed by atoms with E-state index in [9.17, 15) is 14.0 Å². The number of rotatable bonds is 7. The molecule has 2 amide bonds. The van der Waals surface area contributed by atoms with E-state index >= 15 is 0 Å². The summed E-state index contributed by atoms with van der Waals surface area (Å²) in [5.41, 5.74) is 1.04. The molecule has 3 aromatic rings. The van der Waals surface area contributed by atoms with E-state index in [1.807, 2.05) is 41.8 Å². The van der Waals surface area contributed by atoms with Crippen LogP contribution in [0, 0.1) is 5.82 Å². The molecule has 1 N–H and O–H groups in total. The summed E-state index contributed by atoms with van der Waals surface area (Å²) < 4.78 is 15.1. The summed E-state index contributed by atoms with van der Waals surface area (Å²) in [6.07, 6.45) is 5.34. The minimum Gasteiger partial charge on any atom is -0.351 e. The maximum Gasteiger partial charge on any atom is 0.248 e. The second-order valence-electron chi connectivity index (χ2n) is 8.30. The SMILES string of the molecule is O=C(NC1CCCCC1)C(c1ccc(Br)cc1)N(C(=O)Cc1cccs1)c1cccc(F)c1. The van der Waals surface area contributed by atoms with Gasteiger partial charge in [-0.05, 0) is 60.2 Å². The monoisotopic (exact) mass is 528 g/mol. The van der Waals surface area contributed by atoms with Crippen molar-refractivity contribution < 1.29 is 14.0 Å². The number of thiophene rings is 1. The molecule has 0 radical (unpaired) electrons. The van der Waals surface area contributed by atoms with E-state index in [1.165, 1.54) is 34.8 Å². The van der Waals surface area contributed by atoms with Gasteiger partial charge < -0.3 is 5.32 Å². The number of anilines is 1. The lowest BCUT2D eigenvalue weighted by molar-refractivity contribution is -0.127. The number of nitrogens with zero attached hydrogens (tertiary/aromatic N) is 1. The summed E-state index contributed by atoms with van der Waals surface area (Å²) >= 11 is 4.93. The van der Waals surface area contributed by atoms with Crippen LogP contribution in [0.15, 0.2) is 70.5 Å². The number of carbonyl (C=O) groups excluding carboxylic acids is 2. The molecule has 172 valence electrons. The maximum atomic E-state index is 14.2. The van der Waals surface area contributed by atoms with Crippen LogP contribution in [0.5, 0.6) is 0 Å². The predicted molar refractivity (Wildman–Crippen MR) is 134 cm³/mol. The molecule has 33 heavy (non-hydrogen) atoms. The van der Waals surface area contributed by atoms with Crippen molar-refractivity contribution in [1.82, 2.24) is 5.32 Å². The summed E-state index contributed by atoms with van der Waals surface area (Å²) in [4.78, 5) is 29.7. The first-order chi connectivity index (χ1) is 16.0. The molecule has 1 aliphatic carbocycles. The van der Waals surface area contributed by atoms with Crippen LogP contribution in [0.2, 0.25) is 0 Å². The van der Waals surface area contributed by atoms with Crippen molar-refractivity contribution in [3.63, 3.8) is 0 Å².